The predicted molar refractivity (Wildman–Crippen MR) is 72.0 cm³/mol. The predicted octanol–water partition coefficient (Wildman–Crippen LogP) is 3.13. The zero-order valence-corrected chi connectivity index (χ0v) is 12.0. The van der Waals surface area contributed by atoms with E-state index in [2.05, 4.69) is 20.9 Å². The summed E-state index contributed by atoms with van der Waals surface area (Å²) in [5, 5.41) is 0. The van der Waals surface area contributed by atoms with E-state index in [-0.39, 0.29) is 5.60 Å². The molecule has 0 unspecified atom stereocenters. The molecule has 0 amide bonds. The lowest BCUT2D eigenvalue weighted by molar-refractivity contribution is 0.0756. The van der Waals surface area contributed by atoms with Gasteiger partial charge in [0.25, 0.3) is 0 Å². The summed E-state index contributed by atoms with van der Waals surface area (Å²) in [6.45, 7) is 2.61. The lowest BCUT2D eigenvalue weighted by Gasteiger charge is -2.08. The molecule has 96 valence electrons. The summed E-state index contributed by atoms with van der Waals surface area (Å²) in [6, 6.07) is 1.95. The number of fused-ring (bicyclic) bond motifs is 1. The van der Waals surface area contributed by atoms with Gasteiger partial charge in [-0.3, -0.25) is 0 Å². The fourth-order valence-corrected chi connectivity index (χ4v) is 2.60. The Morgan fingerprint density at radius 3 is 2.83 bits per heavy atom. The molecule has 3 rings (SSSR count). The molecule has 0 radical (unpaired) electrons. The summed E-state index contributed by atoms with van der Waals surface area (Å²) in [4.78, 5) is 4.64. The van der Waals surface area contributed by atoms with Gasteiger partial charge in [0.05, 0.1) is 16.8 Å². The van der Waals surface area contributed by atoms with Gasteiger partial charge in [-0.1, -0.05) is 0 Å². The minimum absolute atomic E-state index is 0.149. The maximum Gasteiger partial charge on any atom is 0.140 e. The molecule has 2 aromatic heterocycles. The first kappa shape index (κ1) is 12.0. The normalized spacial score (nSPS) is 17.1. The van der Waals surface area contributed by atoms with Crippen LogP contribution in [0.4, 0.5) is 0 Å². The average molecular weight is 311 g/mol. The van der Waals surface area contributed by atoms with Crippen LogP contribution in [0.25, 0.3) is 5.65 Å². The van der Waals surface area contributed by atoms with E-state index in [4.69, 9.17) is 9.47 Å². The Bertz CT molecular complexity index is 590. The molecular formula is C13H15BrN2O2. The van der Waals surface area contributed by atoms with Crippen molar-refractivity contribution in [1.29, 1.82) is 0 Å². The SMILES string of the molecule is CCOc1cc2nc(C3(OC)CC3)cn2cc1Br. The lowest BCUT2D eigenvalue weighted by Crippen LogP contribution is -2.08. The minimum atomic E-state index is -0.149. The van der Waals surface area contributed by atoms with Crippen LogP contribution in [0.2, 0.25) is 0 Å². The lowest BCUT2D eigenvalue weighted by atomic mass is 10.2. The molecule has 0 N–H and O–H groups in total. The van der Waals surface area contributed by atoms with Gasteiger partial charge in [0.1, 0.15) is 17.0 Å². The van der Waals surface area contributed by atoms with Gasteiger partial charge in [-0.2, -0.15) is 0 Å². The van der Waals surface area contributed by atoms with Crippen molar-refractivity contribution in [2.24, 2.45) is 0 Å². The van der Waals surface area contributed by atoms with E-state index in [0.717, 1.165) is 34.4 Å². The van der Waals surface area contributed by atoms with Crippen LogP contribution in [0, 0.1) is 0 Å². The summed E-state index contributed by atoms with van der Waals surface area (Å²) >= 11 is 3.51. The maximum atomic E-state index is 5.55. The molecule has 2 heterocycles. The first-order valence-electron chi connectivity index (χ1n) is 6.05. The van der Waals surface area contributed by atoms with Crippen LogP contribution >= 0.6 is 15.9 Å². The van der Waals surface area contributed by atoms with Crippen LogP contribution in [0.5, 0.6) is 5.75 Å². The monoisotopic (exact) mass is 310 g/mol. The highest BCUT2D eigenvalue weighted by molar-refractivity contribution is 9.10. The minimum Gasteiger partial charge on any atom is -0.492 e. The number of rotatable bonds is 4. The maximum absolute atomic E-state index is 5.55. The second-order valence-electron chi connectivity index (χ2n) is 4.51. The zero-order valence-electron chi connectivity index (χ0n) is 10.4. The number of imidazole rings is 1. The van der Waals surface area contributed by atoms with E-state index in [0.29, 0.717) is 6.61 Å². The van der Waals surface area contributed by atoms with Gasteiger partial charge in [-0.15, -0.1) is 0 Å². The van der Waals surface area contributed by atoms with Crippen molar-refractivity contribution >= 4 is 21.6 Å². The zero-order chi connectivity index (χ0) is 12.8. The highest BCUT2D eigenvalue weighted by Crippen LogP contribution is 2.48. The number of halogens is 1. The first-order chi connectivity index (χ1) is 8.68. The molecule has 0 aliphatic heterocycles. The third kappa shape index (κ3) is 1.82. The summed E-state index contributed by atoms with van der Waals surface area (Å²) in [7, 11) is 1.75. The van der Waals surface area contributed by atoms with Crippen LogP contribution in [-0.2, 0) is 10.3 Å². The Labute approximate surface area is 114 Å². The van der Waals surface area contributed by atoms with Gasteiger partial charge >= 0.3 is 0 Å². The van der Waals surface area contributed by atoms with Crippen LogP contribution in [-0.4, -0.2) is 23.1 Å². The molecule has 5 heteroatoms. The number of methoxy groups -OCH3 is 1. The second kappa shape index (κ2) is 4.24. The van der Waals surface area contributed by atoms with Crippen molar-refractivity contribution in [2.45, 2.75) is 25.4 Å². The number of hydrogen-bond acceptors (Lipinski definition) is 3. The van der Waals surface area contributed by atoms with E-state index in [1.807, 2.05) is 29.8 Å². The number of ether oxygens (including phenoxy) is 2. The molecule has 0 spiro atoms. The van der Waals surface area contributed by atoms with E-state index >= 15 is 0 Å². The van der Waals surface area contributed by atoms with E-state index in [1.165, 1.54) is 0 Å². The Kier molecular flexibility index (Phi) is 2.83. The topological polar surface area (TPSA) is 35.8 Å². The van der Waals surface area contributed by atoms with Crippen molar-refractivity contribution in [2.75, 3.05) is 13.7 Å². The fourth-order valence-electron chi connectivity index (χ4n) is 2.15. The van der Waals surface area contributed by atoms with Crippen molar-refractivity contribution in [3.05, 3.63) is 28.6 Å². The Balaban J connectivity index is 2.07. The van der Waals surface area contributed by atoms with E-state index in [9.17, 15) is 0 Å². The molecule has 4 nitrogen and oxygen atoms in total. The van der Waals surface area contributed by atoms with Crippen molar-refractivity contribution in [1.82, 2.24) is 9.38 Å². The summed E-state index contributed by atoms with van der Waals surface area (Å²) < 4.78 is 14.0. The molecular weight excluding hydrogens is 296 g/mol. The molecule has 1 fully saturated rings. The van der Waals surface area contributed by atoms with E-state index < -0.39 is 0 Å². The molecule has 2 aromatic rings. The van der Waals surface area contributed by atoms with Gasteiger partial charge in [-0.05, 0) is 35.7 Å². The number of hydrogen-bond donors (Lipinski definition) is 0. The van der Waals surface area contributed by atoms with Gasteiger partial charge in [0.2, 0.25) is 0 Å². The molecule has 0 aromatic carbocycles. The molecule has 1 aliphatic rings. The van der Waals surface area contributed by atoms with Crippen molar-refractivity contribution < 1.29 is 9.47 Å². The number of pyridine rings is 1. The largest absolute Gasteiger partial charge is 0.492 e. The van der Waals surface area contributed by atoms with Gasteiger partial charge in [0, 0.05) is 25.6 Å². The fraction of sp³-hybridized carbons (Fsp3) is 0.462. The highest BCUT2D eigenvalue weighted by atomic mass is 79.9. The van der Waals surface area contributed by atoms with Gasteiger partial charge < -0.3 is 13.9 Å². The van der Waals surface area contributed by atoms with Crippen LogP contribution in [0.15, 0.2) is 22.9 Å². The molecule has 0 bridgehead atoms. The van der Waals surface area contributed by atoms with Gasteiger partial charge in [0.15, 0.2) is 0 Å². The van der Waals surface area contributed by atoms with Crippen LogP contribution in [0.3, 0.4) is 0 Å². The quantitative estimate of drug-likeness (QED) is 0.870. The van der Waals surface area contributed by atoms with Crippen molar-refractivity contribution in [3.63, 3.8) is 0 Å². The Morgan fingerprint density at radius 1 is 1.44 bits per heavy atom. The third-order valence-electron chi connectivity index (χ3n) is 3.37. The smallest absolute Gasteiger partial charge is 0.140 e. The highest BCUT2D eigenvalue weighted by Gasteiger charge is 2.47. The number of aromatic nitrogens is 2. The summed E-state index contributed by atoms with van der Waals surface area (Å²) in [5.74, 6) is 0.824. The Morgan fingerprint density at radius 2 is 2.22 bits per heavy atom. The molecule has 0 atom stereocenters. The molecule has 1 saturated carbocycles. The van der Waals surface area contributed by atoms with Crippen LogP contribution < -0.4 is 4.74 Å². The summed E-state index contributed by atoms with van der Waals surface area (Å²) in [5.41, 5.74) is 1.75. The average Bonchev–Trinajstić information content (AvgIpc) is 3.06. The van der Waals surface area contributed by atoms with Gasteiger partial charge in [-0.25, -0.2) is 4.98 Å². The molecule has 1 aliphatic carbocycles. The molecule has 0 saturated heterocycles. The Hall–Kier alpha value is -1.07. The van der Waals surface area contributed by atoms with Crippen molar-refractivity contribution in [3.8, 4) is 5.75 Å². The number of nitrogens with zero attached hydrogens (tertiary/aromatic N) is 2. The second-order valence-corrected chi connectivity index (χ2v) is 5.36. The van der Waals surface area contributed by atoms with E-state index in [1.54, 1.807) is 7.11 Å². The molecule has 18 heavy (non-hydrogen) atoms. The third-order valence-corrected chi connectivity index (χ3v) is 3.97. The standard InChI is InChI=1S/C13H15BrN2O2/c1-3-18-10-6-12-15-11(13(17-2)4-5-13)8-16(12)7-9(10)14/h6-8H,3-5H2,1-2H3. The van der Waals surface area contributed by atoms with Crippen LogP contribution in [0.1, 0.15) is 25.5 Å². The first-order valence-corrected chi connectivity index (χ1v) is 6.84. The summed E-state index contributed by atoms with van der Waals surface area (Å²) in [6.07, 6.45) is 6.11.